The minimum atomic E-state index is -1.68. The molecule has 0 fully saturated rings. The number of nitrogens with two attached hydrogens (primary N) is 1. The lowest BCUT2D eigenvalue weighted by atomic mass is 10.3. The Kier molecular flexibility index (Phi) is 3.86. The standard InChI is InChI=1S/C8H8Cl3N3/c9-8(10,11)7(12)14-13-6-4-2-1-3-5-6/h1-5,13H,(H2,12,14). The first kappa shape index (κ1) is 11.4. The van der Waals surface area contributed by atoms with Crippen molar-refractivity contribution in [1.82, 2.24) is 0 Å². The molecule has 0 unspecified atom stereocenters. The Bertz CT molecular complexity index is 318. The van der Waals surface area contributed by atoms with Crippen LogP contribution < -0.4 is 11.2 Å². The van der Waals surface area contributed by atoms with Crippen LogP contribution in [0, 0.1) is 0 Å². The number of hydrogen-bond donors (Lipinski definition) is 2. The van der Waals surface area contributed by atoms with Gasteiger partial charge >= 0.3 is 0 Å². The molecule has 0 saturated heterocycles. The normalized spacial score (nSPS) is 12.6. The van der Waals surface area contributed by atoms with Crippen molar-refractivity contribution in [2.24, 2.45) is 10.8 Å². The van der Waals surface area contributed by atoms with E-state index in [4.69, 9.17) is 40.5 Å². The van der Waals surface area contributed by atoms with Crippen LogP contribution in [0.15, 0.2) is 35.4 Å². The predicted octanol–water partition coefficient (Wildman–Crippen LogP) is 2.74. The highest BCUT2D eigenvalue weighted by Crippen LogP contribution is 2.25. The van der Waals surface area contributed by atoms with Gasteiger partial charge in [-0.1, -0.05) is 53.0 Å². The zero-order valence-corrected chi connectivity index (χ0v) is 9.31. The van der Waals surface area contributed by atoms with E-state index in [2.05, 4.69) is 10.5 Å². The molecule has 0 aliphatic carbocycles. The second kappa shape index (κ2) is 4.73. The summed E-state index contributed by atoms with van der Waals surface area (Å²) in [5.74, 6) is -0.105. The number of alkyl halides is 3. The molecule has 0 radical (unpaired) electrons. The summed E-state index contributed by atoms with van der Waals surface area (Å²) in [6, 6.07) is 9.21. The summed E-state index contributed by atoms with van der Waals surface area (Å²) in [6.45, 7) is 0. The number of anilines is 1. The molecule has 0 amide bonds. The van der Waals surface area contributed by atoms with Crippen molar-refractivity contribution in [2.75, 3.05) is 5.43 Å². The van der Waals surface area contributed by atoms with Gasteiger partial charge in [-0.15, -0.1) is 0 Å². The zero-order chi connectivity index (χ0) is 10.6. The van der Waals surface area contributed by atoms with E-state index in [-0.39, 0.29) is 5.84 Å². The number of amidine groups is 1. The molecule has 0 aliphatic heterocycles. The van der Waals surface area contributed by atoms with Gasteiger partial charge in [0.15, 0.2) is 5.84 Å². The molecule has 0 spiro atoms. The fourth-order valence-corrected chi connectivity index (χ4v) is 0.828. The Labute approximate surface area is 96.8 Å². The third-order valence-corrected chi connectivity index (χ3v) is 1.95. The maximum atomic E-state index is 5.48. The summed E-state index contributed by atoms with van der Waals surface area (Å²) in [7, 11) is 0. The highest BCUT2D eigenvalue weighted by Gasteiger charge is 2.25. The number of nitrogens with one attached hydrogen (secondary N) is 1. The van der Waals surface area contributed by atoms with Crippen molar-refractivity contribution in [2.45, 2.75) is 3.79 Å². The van der Waals surface area contributed by atoms with Crippen LogP contribution in [0.1, 0.15) is 0 Å². The summed E-state index contributed by atoms with van der Waals surface area (Å²) in [6.07, 6.45) is 0. The van der Waals surface area contributed by atoms with Gasteiger partial charge < -0.3 is 5.73 Å². The van der Waals surface area contributed by atoms with Gasteiger partial charge in [0.1, 0.15) is 0 Å². The van der Waals surface area contributed by atoms with Crippen molar-refractivity contribution in [3.8, 4) is 0 Å². The van der Waals surface area contributed by atoms with Crippen LogP contribution >= 0.6 is 34.8 Å². The fourth-order valence-electron chi connectivity index (χ4n) is 0.701. The van der Waals surface area contributed by atoms with Crippen LogP contribution in [0.2, 0.25) is 0 Å². The summed E-state index contributed by atoms with van der Waals surface area (Å²) in [5, 5.41) is 3.71. The first-order chi connectivity index (χ1) is 6.50. The molecule has 14 heavy (non-hydrogen) atoms. The Morgan fingerprint density at radius 2 is 1.79 bits per heavy atom. The number of halogens is 3. The summed E-state index contributed by atoms with van der Waals surface area (Å²) >= 11 is 16.5. The summed E-state index contributed by atoms with van der Waals surface area (Å²) < 4.78 is -1.68. The average molecular weight is 253 g/mol. The summed E-state index contributed by atoms with van der Waals surface area (Å²) in [5.41, 5.74) is 8.82. The van der Waals surface area contributed by atoms with Crippen LogP contribution in [-0.2, 0) is 0 Å². The Hall–Kier alpha value is -0.640. The topological polar surface area (TPSA) is 50.4 Å². The SMILES string of the molecule is N/C(=N/Nc1ccccc1)C(Cl)(Cl)Cl. The van der Waals surface area contributed by atoms with Gasteiger partial charge in [0.25, 0.3) is 0 Å². The lowest BCUT2D eigenvalue weighted by Gasteiger charge is -2.09. The summed E-state index contributed by atoms with van der Waals surface area (Å²) in [4.78, 5) is 0. The second-order valence-corrected chi connectivity index (χ2v) is 4.75. The smallest absolute Gasteiger partial charge is 0.249 e. The van der Waals surface area contributed by atoms with Crippen LogP contribution in [0.3, 0.4) is 0 Å². The van der Waals surface area contributed by atoms with E-state index < -0.39 is 3.79 Å². The Morgan fingerprint density at radius 3 is 2.29 bits per heavy atom. The van der Waals surface area contributed by atoms with E-state index in [1.54, 1.807) is 0 Å². The molecule has 0 saturated carbocycles. The first-order valence-corrected chi connectivity index (χ1v) is 4.85. The minimum Gasteiger partial charge on any atom is -0.382 e. The number of rotatable bonds is 2. The van der Waals surface area contributed by atoms with E-state index >= 15 is 0 Å². The first-order valence-electron chi connectivity index (χ1n) is 3.71. The maximum Gasteiger partial charge on any atom is 0.249 e. The molecule has 1 aromatic rings. The van der Waals surface area contributed by atoms with Crippen molar-refractivity contribution in [3.05, 3.63) is 30.3 Å². The number of benzene rings is 1. The maximum absolute atomic E-state index is 5.48. The minimum absolute atomic E-state index is 0.105. The Morgan fingerprint density at radius 1 is 1.21 bits per heavy atom. The van der Waals surface area contributed by atoms with Crippen molar-refractivity contribution in [1.29, 1.82) is 0 Å². The second-order valence-electron chi connectivity index (χ2n) is 2.47. The van der Waals surface area contributed by atoms with Crippen LogP contribution in [-0.4, -0.2) is 9.63 Å². The van der Waals surface area contributed by atoms with E-state index in [1.165, 1.54) is 0 Å². The lowest BCUT2D eigenvalue weighted by Crippen LogP contribution is -2.29. The van der Waals surface area contributed by atoms with Gasteiger partial charge in [0.05, 0.1) is 5.69 Å². The molecule has 3 N–H and O–H groups in total. The van der Waals surface area contributed by atoms with Gasteiger partial charge in [0.2, 0.25) is 3.79 Å². The van der Waals surface area contributed by atoms with Crippen LogP contribution in [0.25, 0.3) is 0 Å². The number of hydrazone groups is 1. The van der Waals surface area contributed by atoms with Gasteiger partial charge in [-0.25, -0.2) is 0 Å². The largest absolute Gasteiger partial charge is 0.382 e. The number of para-hydroxylation sites is 1. The van der Waals surface area contributed by atoms with E-state index in [1.807, 2.05) is 30.3 Å². The molecule has 3 nitrogen and oxygen atoms in total. The molecular formula is C8H8Cl3N3. The monoisotopic (exact) mass is 251 g/mol. The fraction of sp³-hybridized carbons (Fsp3) is 0.125. The zero-order valence-electron chi connectivity index (χ0n) is 7.05. The molecule has 0 aromatic heterocycles. The molecule has 0 bridgehead atoms. The van der Waals surface area contributed by atoms with Crippen molar-refractivity contribution >= 4 is 46.3 Å². The highest BCUT2D eigenvalue weighted by atomic mass is 35.6. The molecule has 0 heterocycles. The van der Waals surface area contributed by atoms with Crippen molar-refractivity contribution in [3.63, 3.8) is 0 Å². The van der Waals surface area contributed by atoms with Gasteiger partial charge in [-0.05, 0) is 12.1 Å². The van der Waals surface area contributed by atoms with Gasteiger partial charge in [-0.3, -0.25) is 5.43 Å². The van der Waals surface area contributed by atoms with Crippen LogP contribution in [0.5, 0.6) is 0 Å². The number of nitrogens with zero attached hydrogens (tertiary/aromatic N) is 1. The Balaban J connectivity index is 2.65. The molecule has 6 heteroatoms. The van der Waals surface area contributed by atoms with Gasteiger partial charge in [-0.2, -0.15) is 5.10 Å². The third-order valence-electron chi connectivity index (χ3n) is 1.37. The van der Waals surface area contributed by atoms with Gasteiger partial charge in [0, 0.05) is 0 Å². The highest BCUT2D eigenvalue weighted by molar-refractivity contribution is 6.76. The number of hydrogen-bond acceptors (Lipinski definition) is 2. The predicted molar refractivity (Wildman–Crippen MR) is 62.0 cm³/mol. The van der Waals surface area contributed by atoms with E-state index in [0.29, 0.717) is 0 Å². The van der Waals surface area contributed by atoms with E-state index in [0.717, 1.165) is 5.69 Å². The van der Waals surface area contributed by atoms with Crippen LogP contribution in [0.4, 0.5) is 5.69 Å². The molecule has 1 aromatic carbocycles. The molecule has 0 atom stereocenters. The molecule has 76 valence electrons. The molecule has 1 rings (SSSR count). The molecular weight excluding hydrogens is 244 g/mol. The van der Waals surface area contributed by atoms with Crippen molar-refractivity contribution < 1.29 is 0 Å². The lowest BCUT2D eigenvalue weighted by molar-refractivity contribution is 1.27. The molecule has 0 aliphatic rings. The quantitative estimate of drug-likeness (QED) is 0.368. The van der Waals surface area contributed by atoms with E-state index in [9.17, 15) is 0 Å². The third kappa shape index (κ3) is 3.62. The average Bonchev–Trinajstić information content (AvgIpc) is 2.14.